The number of ketones is 1. The molecule has 0 N–H and O–H groups in total. The van der Waals surface area contributed by atoms with Crippen molar-refractivity contribution in [2.75, 3.05) is 6.61 Å². The molecule has 0 spiro atoms. The Morgan fingerprint density at radius 1 is 1.16 bits per heavy atom. The second kappa shape index (κ2) is 9.04. The van der Waals surface area contributed by atoms with Gasteiger partial charge in [-0.05, 0) is 61.9 Å². The van der Waals surface area contributed by atoms with Crippen LogP contribution in [0.1, 0.15) is 29.8 Å². The van der Waals surface area contributed by atoms with E-state index in [9.17, 15) is 9.59 Å². The SMILES string of the molecule is CCOc1ccc(C(=O)[C@@H](C)OC(=O)/C=C/c2cccc(Cl)c2)cc1. The summed E-state index contributed by atoms with van der Waals surface area (Å²) in [6.45, 7) is 3.99. The number of carbonyl (C=O) groups excluding carboxylic acids is 2. The first-order chi connectivity index (χ1) is 12.0. The van der Waals surface area contributed by atoms with Gasteiger partial charge in [0.15, 0.2) is 6.10 Å². The summed E-state index contributed by atoms with van der Waals surface area (Å²) < 4.78 is 10.5. The van der Waals surface area contributed by atoms with Crippen molar-refractivity contribution in [1.29, 1.82) is 0 Å². The van der Waals surface area contributed by atoms with E-state index in [1.807, 2.05) is 13.0 Å². The Labute approximate surface area is 152 Å². The molecule has 0 saturated heterocycles. The fourth-order valence-electron chi connectivity index (χ4n) is 2.16. The van der Waals surface area contributed by atoms with Gasteiger partial charge in [-0.1, -0.05) is 23.7 Å². The molecule has 0 bridgehead atoms. The van der Waals surface area contributed by atoms with Crippen LogP contribution in [-0.4, -0.2) is 24.5 Å². The fraction of sp³-hybridized carbons (Fsp3) is 0.200. The lowest BCUT2D eigenvalue weighted by Crippen LogP contribution is -2.23. The molecule has 4 nitrogen and oxygen atoms in total. The monoisotopic (exact) mass is 358 g/mol. The first-order valence-corrected chi connectivity index (χ1v) is 8.28. The molecule has 2 aromatic rings. The third-order valence-electron chi connectivity index (χ3n) is 3.37. The molecular weight excluding hydrogens is 340 g/mol. The highest BCUT2D eigenvalue weighted by Crippen LogP contribution is 2.15. The lowest BCUT2D eigenvalue weighted by molar-refractivity contribution is -0.140. The number of ether oxygens (including phenoxy) is 2. The average molecular weight is 359 g/mol. The summed E-state index contributed by atoms with van der Waals surface area (Å²) in [4.78, 5) is 24.2. The standard InChI is InChI=1S/C20H19ClO4/c1-3-24-18-10-8-16(9-11-18)20(23)14(2)25-19(22)12-7-15-5-4-6-17(21)13-15/h4-14H,3H2,1-2H3/b12-7+/t14-/m1/s1. The van der Waals surface area contributed by atoms with Gasteiger partial charge in [0.25, 0.3) is 0 Å². The molecule has 0 fully saturated rings. The maximum absolute atomic E-state index is 12.3. The number of esters is 1. The summed E-state index contributed by atoms with van der Waals surface area (Å²) in [6, 6.07) is 13.8. The molecule has 0 heterocycles. The van der Waals surface area contributed by atoms with Crippen LogP contribution < -0.4 is 4.74 Å². The van der Waals surface area contributed by atoms with Crippen LogP contribution in [-0.2, 0) is 9.53 Å². The van der Waals surface area contributed by atoms with Gasteiger partial charge < -0.3 is 9.47 Å². The van der Waals surface area contributed by atoms with E-state index in [2.05, 4.69) is 0 Å². The van der Waals surface area contributed by atoms with Gasteiger partial charge in [-0.3, -0.25) is 4.79 Å². The van der Waals surface area contributed by atoms with Crippen LogP contribution in [0.15, 0.2) is 54.6 Å². The molecule has 0 unspecified atom stereocenters. The van der Waals surface area contributed by atoms with Crippen molar-refractivity contribution in [3.63, 3.8) is 0 Å². The first kappa shape index (κ1) is 18.7. The Hall–Kier alpha value is -2.59. The first-order valence-electron chi connectivity index (χ1n) is 7.91. The van der Waals surface area contributed by atoms with Gasteiger partial charge in [-0.15, -0.1) is 0 Å². The van der Waals surface area contributed by atoms with Crippen LogP contribution in [0.5, 0.6) is 5.75 Å². The fourth-order valence-corrected chi connectivity index (χ4v) is 2.36. The van der Waals surface area contributed by atoms with E-state index < -0.39 is 12.1 Å². The maximum Gasteiger partial charge on any atom is 0.331 e. The van der Waals surface area contributed by atoms with E-state index in [4.69, 9.17) is 21.1 Å². The molecular formula is C20H19ClO4. The number of benzene rings is 2. The molecule has 130 valence electrons. The summed E-state index contributed by atoms with van der Waals surface area (Å²) in [5, 5.41) is 0.578. The molecule has 0 radical (unpaired) electrons. The zero-order valence-corrected chi connectivity index (χ0v) is 14.8. The summed E-state index contributed by atoms with van der Waals surface area (Å²) in [6.07, 6.45) is 1.98. The van der Waals surface area contributed by atoms with Gasteiger partial charge in [-0.2, -0.15) is 0 Å². The van der Waals surface area contributed by atoms with Gasteiger partial charge in [0.05, 0.1) is 6.61 Å². The second-order valence-electron chi connectivity index (χ2n) is 5.29. The van der Waals surface area contributed by atoms with E-state index >= 15 is 0 Å². The Morgan fingerprint density at radius 3 is 2.52 bits per heavy atom. The van der Waals surface area contributed by atoms with E-state index in [1.54, 1.807) is 55.5 Å². The Kier molecular flexibility index (Phi) is 6.78. The molecule has 0 saturated carbocycles. The van der Waals surface area contributed by atoms with Gasteiger partial charge >= 0.3 is 5.97 Å². The Morgan fingerprint density at radius 2 is 1.88 bits per heavy atom. The van der Waals surface area contributed by atoms with Crippen molar-refractivity contribution >= 4 is 29.4 Å². The molecule has 0 amide bonds. The van der Waals surface area contributed by atoms with Gasteiger partial charge in [0, 0.05) is 16.7 Å². The number of halogens is 1. The molecule has 2 rings (SSSR count). The maximum atomic E-state index is 12.3. The van der Waals surface area contributed by atoms with Crippen LogP contribution in [0, 0.1) is 0 Å². The van der Waals surface area contributed by atoms with Gasteiger partial charge in [0.2, 0.25) is 5.78 Å². The quantitative estimate of drug-likeness (QED) is 0.413. The van der Waals surface area contributed by atoms with Gasteiger partial charge in [-0.25, -0.2) is 4.79 Å². The zero-order valence-electron chi connectivity index (χ0n) is 14.1. The normalized spacial score (nSPS) is 12.0. The summed E-state index contributed by atoms with van der Waals surface area (Å²) >= 11 is 5.88. The minimum atomic E-state index is -0.880. The van der Waals surface area contributed by atoms with E-state index in [-0.39, 0.29) is 5.78 Å². The summed E-state index contributed by atoms with van der Waals surface area (Å²) in [7, 11) is 0. The number of hydrogen-bond acceptors (Lipinski definition) is 4. The molecule has 1 atom stereocenters. The molecule has 5 heteroatoms. The molecule has 0 aliphatic rings. The van der Waals surface area contributed by atoms with Crippen molar-refractivity contribution < 1.29 is 19.1 Å². The molecule has 25 heavy (non-hydrogen) atoms. The molecule has 2 aromatic carbocycles. The smallest absolute Gasteiger partial charge is 0.331 e. The predicted molar refractivity (Wildman–Crippen MR) is 98.0 cm³/mol. The highest BCUT2D eigenvalue weighted by Gasteiger charge is 2.18. The zero-order chi connectivity index (χ0) is 18.2. The number of carbonyl (C=O) groups is 2. The van der Waals surface area contributed by atoms with Crippen LogP contribution in [0.4, 0.5) is 0 Å². The van der Waals surface area contributed by atoms with Crippen molar-refractivity contribution in [3.8, 4) is 5.75 Å². The Bertz CT molecular complexity index is 766. The van der Waals surface area contributed by atoms with Crippen LogP contribution in [0.2, 0.25) is 5.02 Å². The van der Waals surface area contributed by atoms with Crippen molar-refractivity contribution in [1.82, 2.24) is 0 Å². The minimum absolute atomic E-state index is 0.271. The predicted octanol–water partition coefficient (Wildman–Crippen LogP) is 4.57. The second-order valence-corrected chi connectivity index (χ2v) is 5.73. The summed E-state index contributed by atoms with van der Waals surface area (Å²) in [5.74, 6) is -0.174. The molecule has 0 aliphatic carbocycles. The summed E-state index contributed by atoms with van der Waals surface area (Å²) in [5.41, 5.74) is 1.23. The number of rotatable bonds is 7. The molecule has 0 aliphatic heterocycles. The highest BCUT2D eigenvalue weighted by molar-refractivity contribution is 6.30. The minimum Gasteiger partial charge on any atom is -0.494 e. The van der Waals surface area contributed by atoms with Crippen molar-refractivity contribution in [2.24, 2.45) is 0 Å². The largest absolute Gasteiger partial charge is 0.494 e. The third-order valence-corrected chi connectivity index (χ3v) is 3.61. The lowest BCUT2D eigenvalue weighted by Gasteiger charge is -2.11. The van der Waals surface area contributed by atoms with E-state index in [1.165, 1.54) is 6.08 Å². The molecule has 0 aromatic heterocycles. The van der Waals surface area contributed by atoms with E-state index in [0.717, 1.165) is 5.56 Å². The average Bonchev–Trinajstić information content (AvgIpc) is 2.60. The third kappa shape index (κ3) is 5.76. The van der Waals surface area contributed by atoms with Gasteiger partial charge in [0.1, 0.15) is 5.75 Å². The highest BCUT2D eigenvalue weighted by atomic mass is 35.5. The van der Waals surface area contributed by atoms with E-state index in [0.29, 0.717) is 22.9 Å². The van der Waals surface area contributed by atoms with Crippen molar-refractivity contribution in [2.45, 2.75) is 20.0 Å². The van der Waals surface area contributed by atoms with Crippen molar-refractivity contribution in [3.05, 3.63) is 70.8 Å². The lowest BCUT2D eigenvalue weighted by atomic mass is 10.1. The Balaban J connectivity index is 1.94. The number of Topliss-reactive ketones (excluding diaryl/α,β-unsaturated/α-hetero) is 1. The number of hydrogen-bond donors (Lipinski definition) is 0. The van der Waals surface area contributed by atoms with Crippen LogP contribution in [0.3, 0.4) is 0 Å². The van der Waals surface area contributed by atoms with Crippen LogP contribution >= 0.6 is 11.6 Å². The van der Waals surface area contributed by atoms with Crippen LogP contribution in [0.25, 0.3) is 6.08 Å². The topological polar surface area (TPSA) is 52.6 Å².